The molecule has 0 spiro atoms. The molecule has 0 aliphatic heterocycles. The molecule has 256 valence electrons. The number of fused-ring (bicyclic) bond motifs is 11. The second-order valence-electron chi connectivity index (χ2n) is 13.9. The summed E-state index contributed by atoms with van der Waals surface area (Å²) in [4.78, 5) is 21.0. The molecular weight excluding hydrogens is 677 g/mol. The molecular formula is C48H28N6O. The van der Waals surface area contributed by atoms with E-state index in [2.05, 4.69) is 137 Å². The number of aromatic nitrogens is 6. The highest BCUT2D eigenvalue weighted by Crippen LogP contribution is 2.42. The van der Waals surface area contributed by atoms with E-state index in [0.717, 1.165) is 82.0 Å². The van der Waals surface area contributed by atoms with E-state index < -0.39 is 0 Å². The predicted octanol–water partition coefficient (Wildman–Crippen LogP) is 11.8. The molecule has 12 aromatic rings. The molecule has 0 amide bonds. The highest BCUT2D eigenvalue weighted by molar-refractivity contribution is 6.23. The van der Waals surface area contributed by atoms with Gasteiger partial charge in [0.2, 0.25) is 5.95 Å². The minimum atomic E-state index is 0.501. The van der Waals surface area contributed by atoms with Crippen LogP contribution in [0.3, 0.4) is 0 Å². The SMILES string of the molecule is c1ccc(-c2nc(-c3cc4ccccc4c4ccccc34)nc(-n3c4ccccc4c4ccc5c6ccccc6n(-c6nc7ccccc7o6)c5c43)n2)cc1. The van der Waals surface area contributed by atoms with Gasteiger partial charge in [-0.25, -0.2) is 4.98 Å². The number of rotatable bonds is 4. The van der Waals surface area contributed by atoms with E-state index in [1.807, 2.05) is 42.5 Å². The smallest absolute Gasteiger partial charge is 0.307 e. The summed E-state index contributed by atoms with van der Waals surface area (Å²) in [6, 6.07) is 59.1. The third-order valence-corrected chi connectivity index (χ3v) is 10.8. The minimum absolute atomic E-state index is 0.501. The molecule has 0 atom stereocenters. The van der Waals surface area contributed by atoms with Crippen molar-refractivity contribution >= 4 is 76.3 Å². The van der Waals surface area contributed by atoms with Crippen molar-refractivity contribution in [2.75, 3.05) is 0 Å². The van der Waals surface area contributed by atoms with Gasteiger partial charge in [-0.1, -0.05) is 140 Å². The molecule has 0 N–H and O–H groups in total. The summed E-state index contributed by atoms with van der Waals surface area (Å²) in [5, 5.41) is 8.89. The van der Waals surface area contributed by atoms with Crippen LogP contribution in [0.4, 0.5) is 0 Å². The number of nitrogens with zero attached hydrogens (tertiary/aromatic N) is 6. The van der Waals surface area contributed by atoms with Gasteiger partial charge in [0.25, 0.3) is 0 Å². The Morgan fingerprint density at radius 2 is 0.982 bits per heavy atom. The molecule has 4 heterocycles. The molecule has 0 aliphatic carbocycles. The molecule has 0 fully saturated rings. The summed E-state index contributed by atoms with van der Waals surface area (Å²) < 4.78 is 10.9. The van der Waals surface area contributed by atoms with Crippen LogP contribution in [0.15, 0.2) is 174 Å². The van der Waals surface area contributed by atoms with E-state index >= 15 is 0 Å². The van der Waals surface area contributed by atoms with Gasteiger partial charge in [0.05, 0.1) is 22.1 Å². The second kappa shape index (κ2) is 11.4. The van der Waals surface area contributed by atoms with Crippen molar-refractivity contribution in [3.8, 4) is 34.7 Å². The van der Waals surface area contributed by atoms with Crippen molar-refractivity contribution < 1.29 is 4.42 Å². The number of para-hydroxylation sites is 4. The quantitative estimate of drug-likeness (QED) is 0.171. The summed E-state index contributed by atoms with van der Waals surface area (Å²) in [6.45, 7) is 0. The van der Waals surface area contributed by atoms with Gasteiger partial charge in [-0.3, -0.25) is 9.13 Å². The monoisotopic (exact) mass is 704 g/mol. The molecule has 8 aromatic carbocycles. The van der Waals surface area contributed by atoms with Crippen LogP contribution in [0, 0.1) is 0 Å². The number of oxazole rings is 1. The first-order valence-electron chi connectivity index (χ1n) is 18.3. The number of hydrogen-bond donors (Lipinski definition) is 0. The topological polar surface area (TPSA) is 74.6 Å². The molecule has 0 bridgehead atoms. The molecule has 12 rings (SSSR count). The van der Waals surface area contributed by atoms with Gasteiger partial charge in [-0.2, -0.15) is 15.0 Å². The lowest BCUT2D eigenvalue weighted by Gasteiger charge is -2.14. The van der Waals surface area contributed by atoms with Crippen molar-refractivity contribution in [2.45, 2.75) is 0 Å². The summed E-state index contributed by atoms with van der Waals surface area (Å²) in [7, 11) is 0. The highest BCUT2D eigenvalue weighted by Gasteiger charge is 2.25. The van der Waals surface area contributed by atoms with Gasteiger partial charge in [0.1, 0.15) is 5.52 Å². The Morgan fingerprint density at radius 1 is 0.400 bits per heavy atom. The van der Waals surface area contributed by atoms with E-state index in [9.17, 15) is 0 Å². The van der Waals surface area contributed by atoms with Crippen molar-refractivity contribution in [2.24, 2.45) is 0 Å². The molecule has 0 saturated heterocycles. The molecule has 0 aliphatic rings. The molecule has 7 nitrogen and oxygen atoms in total. The largest absolute Gasteiger partial charge is 0.423 e. The highest BCUT2D eigenvalue weighted by atomic mass is 16.4. The maximum Gasteiger partial charge on any atom is 0.307 e. The van der Waals surface area contributed by atoms with Crippen molar-refractivity contribution in [1.29, 1.82) is 0 Å². The van der Waals surface area contributed by atoms with Crippen LogP contribution in [0.2, 0.25) is 0 Å². The van der Waals surface area contributed by atoms with E-state index in [1.165, 1.54) is 5.39 Å². The van der Waals surface area contributed by atoms with Crippen LogP contribution in [0.25, 0.3) is 111 Å². The zero-order valence-corrected chi connectivity index (χ0v) is 29.3. The van der Waals surface area contributed by atoms with Crippen LogP contribution in [-0.4, -0.2) is 29.1 Å². The summed E-state index contributed by atoms with van der Waals surface area (Å²) in [5.74, 6) is 1.72. The lowest BCUT2D eigenvalue weighted by Crippen LogP contribution is -2.07. The van der Waals surface area contributed by atoms with Gasteiger partial charge in [0, 0.05) is 32.7 Å². The van der Waals surface area contributed by atoms with E-state index in [1.54, 1.807) is 0 Å². The molecule has 4 aromatic heterocycles. The minimum Gasteiger partial charge on any atom is -0.423 e. The Balaban J connectivity index is 1.25. The third-order valence-electron chi connectivity index (χ3n) is 10.8. The standard InChI is InChI=1S/C48H28N6O/c1-2-14-29(15-3-1)45-50-46(38-28-30-16-4-5-17-31(30)32-18-6-7-19-33(32)38)52-47(51-45)53-40-23-11-8-20-34(40)36-26-27-37-35-21-9-12-24-41(35)54(44(37)43(36)53)48-49-39-22-10-13-25-42(39)55-48/h1-28H. The van der Waals surface area contributed by atoms with Crippen molar-refractivity contribution in [1.82, 2.24) is 29.1 Å². The predicted molar refractivity (Wildman–Crippen MR) is 222 cm³/mol. The average Bonchev–Trinajstić information content (AvgIpc) is 3.93. The Labute approximate surface area is 313 Å². The molecule has 0 unspecified atom stereocenters. The van der Waals surface area contributed by atoms with Gasteiger partial charge in [0.15, 0.2) is 17.2 Å². The first kappa shape index (κ1) is 29.9. The van der Waals surface area contributed by atoms with E-state index in [-0.39, 0.29) is 0 Å². The van der Waals surface area contributed by atoms with Crippen molar-refractivity contribution in [3.05, 3.63) is 170 Å². The first-order chi connectivity index (χ1) is 27.3. The molecule has 7 heteroatoms. The van der Waals surface area contributed by atoms with Gasteiger partial charge >= 0.3 is 6.01 Å². The van der Waals surface area contributed by atoms with Crippen LogP contribution in [0.5, 0.6) is 0 Å². The van der Waals surface area contributed by atoms with Crippen LogP contribution in [-0.2, 0) is 0 Å². The number of benzene rings is 8. The average molecular weight is 705 g/mol. The fourth-order valence-corrected chi connectivity index (χ4v) is 8.40. The fourth-order valence-electron chi connectivity index (χ4n) is 8.40. The zero-order valence-electron chi connectivity index (χ0n) is 29.3. The van der Waals surface area contributed by atoms with Gasteiger partial charge in [-0.15, -0.1) is 0 Å². The summed E-state index contributed by atoms with van der Waals surface area (Å²) in [5.41, 5.74) is 7.28. The molecule has 0 saturated carbocycles. The maximum absolute atomic E-state index is 6.53. The van der Waals surface area contributed by atoms with E-state index in [0.29, 0.717) is 23.6 Å². The van der Waals surface area contributed by atoms with Crippen LogP contribution < -0.4 is 0 Å². The molecule has 55 heavy (non-hydrogen) atoms. The fraction of sp³-hybridized carbons (Fsp3) is 0. The van der Waals surface area contributed by atoms with Crippen LogP contribution >= 0.6 is 0 Å². The summed E-state index contributed by atoms with van der Waals surface area (Å²) in [6.07, 6.45) is 0. The van der Waals surface area contributed by atoms with Gasteiger partial charge < -0.3 is 4.42 Å². The maximum atomic E-state index is 6.53. The Bertz CT molecular complexity index is 3470. The second-order valence-corrected chi connectivity index (χ2v) is 13.9. The third kappa shape index (κ3) is 4.38. The lowest BCUT2D eigenvalue weighted by atomic mass is 9.97. The Hall–Kier alpha value is -7.64. The lowest BCUT2D eigenvalue weighted by molar-refractivity contribution is 0.574. The van der Waals surface area contributed by atoms with Gasteiger partial charge in [-0.05, 0) is 51.9 Å². The normalized spacial score (nSPS) is 12.0. The summed E-state index contributed by atoms with van der Waals surface area (Å²) >= 11 is 0. The molecule has 0 radical (unpaired) electrons. The van der Waals surface area contributed by atoms with Crippen LogP contribution in [0.1, 0.15) is 0 Å². The Kier molecular flexibility index (Phi) is 6.21. The van der Waals surface area contributed by atoms with E-state index in [4.69, 9.17) is 24.4 Å². The first-order valence-corrected chi connectivity index (χ1v) is 18.3. The van der Waals surface area contributed by atoms with Crippen molar-refractivity contribution in [3.63, 3.8) is 0 Å². The zero-order chi connectivity index (χ0) is 36.0. The Morgan fingerprint density at radius 3 is 1.75 bits per heavy atom. The number of hydrogen-bond acceptors (Lipinski definition) is 5.